The van der Waals surface area contributed by atoms with Gasteiger partial charge in [0.15, 0.2) is 0 Å². The van der Waals surface area contributed by atoms with E-state index in [4.69, 9.17) is 9.15 Å². The summed E-state index contributed by atoms with van der Waals surface area (Å²) in [6.07, 6.45) is 0. The lowest BCUT2D eigenvalue weighted by atomic mass is 9.92. The zero-order valence-corrected chi connectivity index (χ0v) is 29.8. The number of benzene rings is 9. The van der Waals surface area contributed by atoms with Gasteiger partial charge < -0.3 is 14.1 Å². The van der Waals surface area contributed by atoms with Crippen molar-refractivity contribution in [2.45, 2.75) is 0 Å². The Morgan fingerprint density at radius 2 is 0.964 bits per heavy atom. The van der Waals surface area contributed by atoms with Gasteiger partial charge in [0, 0.05) is 49.9 Å². The summed E-state index contributed by atoms with van der Waals surface area (Å²) in [5, 5.41) is 4.50. The molecule has 1 aromatic heterocycles. The van der Waals surface area contributed by atoms with Gasteiger partial charge in [-0.1, -0.05) is 146 Å². The van der Waals surface area contributed by atoms with Crippen LogP contribution in [0.1, 0.15) is 0 Å². The molecule has 3 heteroatoms. The van der Waals surface area contributed by atoms with E-state index in [0.717, 1.165) is 94.7 Å². The van der Waals surface area contributed by atoms with Crippen molar-refractivity contribution in [3.05, 3.63) is 200 Å². The third-order valence-electron chi connectivity index (χ3n) is 10.9. The first-order valence-electron chi connectivity index (χ1n) is 18.7. The number of furan rings is 1. The van der Waals surface area contributed by atoms with Gasteiger partial charge in [0.1, 0.15) is 22.7 Å². The summed E-state index contributed by atoms with van der Waals surface area (Å²) >= 11 is 0. The molecule has 0 saturated heterocycles. The van der Waals surface area contributed by atoms with Crippen LogP contribution in [0.3, 0.4) is 0 Å². The Kier molecular flexibility index (Phi) is 7.17. The Morgan fingerprint density at radius 3 is 1.80 bits per heavy atom. The number of anilines is 3. The van der Waals surface area contributed by atoms with Gasteiger partial charge in [0.25, 0.3) is 0 Å². The van der Waals surface area contributed by atoms with Crippen molar-refractivity contribution >= 4 is 49.8 Å². The number of nitrogens with zero attached hydrogens (tertiary/aromatic N) is 1. The Hall–Kier alpha value is -7.36. The summed E-state index contributed by atoms with van der Waals surface area (Å²) < 4.78 is 13.2. The third kappa shape index (κ3) is 5.20. The molecule has 55 heavy (non-hydrogen) atoms. The quantitative estimate of drug-likeness (QED) is 0.178. The lowest BCUT2D eigenvalue weighted by molar-refractivity contribution is 0.493. The minimum Gasteiger partial charge on any atom is -0.455 e. The number of rotatable bonds is 5. The Labute approximate surface area is 318 Å². The monoisotopic (exact) mass is 703 g/mol. The minimum atomic E-state index is 0.857. The van der Waals surface area contributed by atoms with E-state index in [1.807, 2.05) is 18.2 Å². The van der Waals surface area contributed by atoms with Crippen molar-refractivity contribution in [1.29, 1.82) is 0 Å². The summed E-state index contributed by atoms with van der Waals surface area (Å²) in [4.78, 5) is 2.35. The maximum Gasteiger partial charge on any atom is 0.143 e. The minimum absolute atomic E-state index is 0.857. The van der Waals surface area contributed by atoms with Crippen LogP contribution in [0.25, 0.3) is 77.2 Å². The highest BCUT2D eigenvalue weighted by Gasteiger charge is 2.24. The van der Waals surface area contributed by atoms with E-state index in [9.17, 15) is 0 Å². The number of fused-ring (bicyclic) bond motifs is 10. The molecule has 0 bridgehead atoms. The average Bonchev–Trinajstić information content (AvgIpc) is 3.57. The second kappa shape index (κ2) is 12.6. The van der Waals surface area contributed by atoms with E-state index in [1.165, 1.54) is 11.1 Å². The fourth-order valence-electron chi connectivity index (χ4n) is 8.23. The van der Waals surface area contributed by atoms with Gasteiger partial charge in [-0.3, -0.25) is 0 Å². The molecule has 0 saturated carbocycles. The molecule has 0 amide bonds. The normalized spacial score (nSPS) is 11.8. The molecule has 1 aliphatic rings. The molecule has 0 fully saturated rings. The SMILES string of the molecule is c1ccc(-c2ccc(N(c3ccc(-c4cccc5c4oc4ccccc45)cc3)c3ccc4c(c3)-c3ccc5ccccc5c3Oc3ccccc3-4)cc2)cc1. The lowest BCUT2D eigenvalue weighted by Gasteiger charge is -2.27. The van der Waals surface area contributed by atoms with Crippen LogP contribution < -0.4 is 9.64 Å². The average molecular weight is 704 g/mol. The highest BCUT2D eigenvalue weighted by molar-refractivity contribution is 6.09. The van der Waals surface area contributed by atoms with E-state index in [-0.39, 0.29) is 0 Å². The molecule has 0 N–H and O–H groups in total. The molecule has 3 nitrogen and oxygen atoms in total. The highest BCUT2D eigenvalue weighted by atomic mass is 16.5. The topological polar surface area (TPSA) is 25.6 Å². The molecule has 0 radical (unpaired) electrons. The number of para-hydroxylation sites is 3. The third-order valence-corrected chi connectivity index (χ3v) is 10.9. The number of hydrogen-bond acceptors (Lipinski definition) is 3. The van der Waals surface area contributed by atoms with Gasteiger partial charge in [-0.2, -0.15) is 0 Å². The van der Waals surface area contributed by atoms with Crippen molar-refractivity contribution in [2.75, 3.05) is 4.90 Å². The maximum absolute atomic E-state index is 6.81. The van der Waals surface area contributed by atoms with Gasteiger partial charge in [0.2, 0.25) is 0 Å². The van der Waals surface area contributed by atoms with E-state index in [0.29, 0.717) is 0 Å². The summed E-state index contributed by atoms with van der Waals surface area (Å²) in [6, 6.07) is 70.9. The first-order chi connectivity index (χ1) is 27.3. The van der Waals surface area contributed by atoms with E-state index >= 15 is 0 Å². The van der Waals surface area contributed by atoms with Gasteiger partial charge in [-0.05, 0) is 87.8 Å². The molecule has 0 spiro atoms. The maximum atomic E-state index is 6.81. The van der Waals surface area contributed by atoms with Crippen LogP contribution in [0, 0.1) is 0 Å². The van der Waals surface area contributed by atoms with Crippen LogP contribution in [0.2, 0.25) is 0 Å². The molecule has 10 aromatic rings. The van der Waals surface area contributed by atoms with Crippen molar-refractivity contribution in [1.82, 2.24) is 0 Å². The fourth-order valence-corrected chi connectivity index (χ4v) is 8.23. The summed E-state index contributed by atoms with van der Waals surface area (Å²) in [7, 11) is 0. The van der Waals surface area contributed by atoms with Crippen LogP contribution in [-0.2, 0) is 0 Å². The zero-order chi connectivity index (χ0) is 36.3. The second-order valence-corrected chi connectivity index (χ2v) is 14.1. The first-order valence-corrected chi connectivity index (χ1v) is 18.7. The number of hydrogen-bond donors (Lipinski definition) is 0. The molecular weight excluding hydrogens is 671 g/mol. The van der Waals surface area contributed by atoms with E-state index in [1.54, 1.807) is 0 Å². The van der Waals surface area contributed by atoms with Crippen LogP contribution in [0.5, 0.6) is 11.5 Å². The largest absolute Gasteiger partial charge is 0.455 e. The van der Waals surface area contributed by atoms with Crippen LogP contribution in [-0.4, -0.2) is 0 Å². The lowest BCUT2D eigenvalue weighted by Crippen LogP contribution is -2.10. The van der Waals surface area contributed by atoms with Gasteiger partial charge in [-0.25, -0.2) is 0 Å². The highest BCUT2D eigenvalue weighted by Crippen LogP contribution is 2.51. The Morgan fingerprint density at radius 1 is 0.345 bits per heavy atom. The van der Waals surface area contributed by atoms with Crippen molar-refractivity contribution < 1.29 is 9.15 Å². The van der Waals surface area contributed by atoms with E-state index < -0.39 is 0 Å². The van der Waals surface area contributed by atoms with Crippen LogP contribution >= 0.6 is 0 Å². The predicted octanol–water partition coefficient (Wildman–Crippen LogP) is 15.0. The molecular formula is C52H33NO2. The zero-order valence-electron chi connectivity index (χ0n) is 29.8. The summed E-state index contributed by atoms with van der Waals surface area (Å²) in [5.41, 5.74) is 13.9. The molecule has 258 valence electrons. The van der Waals surface area contributed by atoms with Gasteiger partial charge in [0.05, 0.1) is 0 Å². The molecule has 11 rings (SSSR count). The first kappa shape index (κ1) is 31.2. The van der Waals surface area contributed by atoms with Crippen molar-refractivity contribution in [3.8, 4) is 56.0 Å². The van der Waals surface area contributed by atoms with Gasteiger partial charge >= 0.3 is 0 Å². The Bertz CT molecular complexity index is 3050. The fraction of sp³-hybridized carbons (Fsp3) is 0. The molecule has 9 aromatic carbocycles. The predicted molar refractivity (Wildman–Crippen MR) is 228 cm³/mol. The molecule has 0 atom stereocenters. The van der Waals surface area contributed by atoms with Crippen LogP contribution in [0.15, 0.2) is 205 Å². The number of ether oxygens (including phenoxy) is 1. The summed E-state index contributed by atoms with van der Waals surface area (Å²) in [5.74, 6) is 1.74. The second-order valence-electron chi connectivity index (χ2n) is 14.1. The molecule has 0 unspecified atom stereocenters. The smallest absolute Gasteiger partial charge is 0.143 e. The van der Waals surface area contributed by atoms with Crippen LogP contribution in [0.4, 0.5) is 17.1 Å². The van der Waals surface area contributed by atoms with Crippen molar-refractivity contribution in [3.63, 3.8) is 0 Å². The van der Waals surface area contributed by atoms with E-state index in [2.05, 4.69) is 187 Å². The molecule has 2 heterocycles. The van der Waals surface area contributed by atoms with Gasteiger partial charge in [-0.15, -0.1) is 0 Å². The molecule has 0 aliphatic carbocycles. The Balaban J connectivity index is 1.08. The summed E-state index contributed by atoms with van der Waals surface area (Å²) in [6.45, 7) is 0. The van der Waals surface area contributed by atoms with Crippen molar-refractivity contribution in [2.24, 2.45) is 0 Å². The standard InChI is InChI=1S/C52H33NO2/c1-2-11-34(12-3-1)35-21-26-38(27-22-35)53(39-28-23-37(24-29-39)42-17-10-18-46-45-16-7-9-20-50(45)55-51(42)46)40-30-32-43-44-15-6-8-19-49(44)54-52-41-14-5-4-13-36(41)25-31-47(52)48(43)33-40/h1-33H. The molecule has 1 aliphatic heterocycles.